The normalized spacial score (nSPS) is 10.8. The number of nitrogens with one attached hydrogen (secondary N) is 1. The predicted molar refractivity (Wildman–Crippen MR) is 138 cm³/mol. The van der Waals surface area contributed by atoms with Gasteiger partial charge in [-0.1, -0.05) is 48.5 Å². The van der Waals surface area contributed by atoms with E-state index in [2.05, 4.69) is 10.3 Å². The lowest BCUT2D eigenvalue weighted by molar-refractivity contribution is -0.119. The number of para-hydroxylation sites is 1. The monoisotopic (exact) mass is 497 g/mol. The zero-order chi connectivity index (χ0) is 25.1. The number of benzene rings is 3. The minimum Gasteiger partial charge on any atom is -0.452 e. The number of fused-ring (bicyclic) bond motifs is 1. The summed E-state index contributed by atoms with van der Waals surface area (Å²) in [6.07, 6.45) is 0. The van der Waals surface area contributed by atoms with Gasteiger partial charge in [0.05, 0.1) is 22.5 Å². The van der Waals surface area contributed by atoms with Crippen LogP contribution in [-0.2, 0) is 9.53 Å². The number of aromatic nitrogens is 2. The summed E-state index contributed by atoms with van der Waals surface area (Å²) in [7, 11) is 0. The van der Waals surface area contributed by atoms with Crippen molar-refractivity contribution in [2.24, 2.45) is 0 Å². The molecule has 3 aromatic carbocycles. The molecule has 1 N–H and O–H groups in total. The summed E-state index contributed by atoms with van der Waals surface area (Å²) in [5.74, 6) is -1.45. The molecule has 5 rings (SSSR count). The summed E-state index contributed by atoms with van der Waals surface area (Å²) in [4.78, 5) is 34.8. The number of pyridine rings is 1. The molecule has 8 heteroatoms. The SMILES string of the molecule is Cc1c(-c2ccccc2)nc2ccccc2c1C(=O)OCC(=O)Nc1nc(-c2ccc(F)cc2)cs1. The number of anilines is 1. The number of nitrogens with zero attached hydrogens (tertiary/aromatic N) is 2. The van der Waals surface area contributed by atoms with Crippen molar-refractivity contribution in [2.75, 3.05) is 11.9 Å². The van der Waals surface area contributed by atoms with Gasteiger partial charge in [0, 0.05) is 21.9 Å². The molecule has 1 amide bonds. The standard InChI is InChI=1S/C28H20FN3O3S/c1-17-25(21-9-5-6-10-22(21)30-26(17)19-7-3-2-4-8-19)27(34)35-15-24(33)32-28-31-23(16-36-28)18-11-13-20(29)14-12-18/h2-14,16H,15H2,1H3,(H,31,32,33). The van der Waals surface area contributed by atoms with Crippen molar-refractivity contribution in [3.63, 3.8) is 0 Å². The lowest BCUT2D eigenvalue weighted by Gasteiger charge is -2.14. The Morgan fingerprint density at radius 2 is 1.64 bits per heavy atom. The van der Waals surface area contributed by atoms with Gasteiger partial charge in [0.2, 0.25) is 0 Å². The number of ether oxygens (including phenoxy) is 1. The molecule has 6 nitrogen and oxygen atoms in total. The Labute approximate surface area is 210 Å². The number of thiazole rings is 1. The van der Waals surface area contributed by atoms with Crippen LogP contribution in [0.15, 0.2) is 84.2 Å². The highest BCUT2D eigenvalue weighted by atomic mass is 32.1. The van der Waals surface area contributed by atoms with Crippen molar-refractivity contribution >= 4 is 39.2 Å². The molecule has 2 aromatic heterocycles. The molecule has 178 valence electrons. The predicted octanol–water partition coefficient (Wildman–Crippen LogP) is 6.27. The van der Waals surface area contributed by atoms with Crippen molar-refractivity contribution in [3.8, 4) is 22.5 Å². The Hall–Kier alpha value is -4.43. The number of carbonyl (C=O) groups is 2. The van der Waals surface area contributed by atoms with E-state index >= 15 is 0 Å². The molecule has 0 aliphatic heterocycles. The number of hydrogen-bond acceptors (Lipinski definition) is 6. The van der Waals surface area contributed by atoms with Gasteiger partial charge in [-0.2, -0.15) is 0 Å². The molecular formula is C28H20FN3O3S. The Balaban J connectivity index is 1.33. The summed E-state index contributed by atoms with van der Waals surface area (Å²) >= 11 is 1.23. The Kier molecular flexibility index (Phi) is 6.51. The van der Waals surface area contributed by atoms with Crippen molar-refractivity contribution in [1.82, 2.24) is 9.97 Å². The fourth-order valence-corrected chi connectivity index (χ4v) is 4.63. The molecule has 0 saturated heterocycles. The molecule has 0 aliphatic rings. The van der Waals surface area contributed by atoms with Gasteiger partial charge < -0.3 is 4.74 Å². The number of rotatable bonds is 6. The second kappa shape index (κ2) is 10.1. The average molecular weight is 498 g/mol. The molecule has 0 radical (unpaired) electrons. The molecular weight excluding hydrogens is 477 g/mol. The highest BCUT2D eigenvalue weighted by Crippen LogP contribution is 2.30. The quantitative estimate of drug-likeness (QED) is 0.280. The molecule has 0 aliphatic carbocycles. The topological polar surface area (TPSA) is 81.2 Å². The third kappa shape index (κ3) is 4.85. The van der Waals surface area contributed by atoms with Gasteiger partial charge >= 0.3 is 5.97 Å². The van der Waals surface area contributed by atoms with E-state index in [0.29, 0.717) is 38.5 Å². The maximum Gasteiger partial charge on any atom is 0.339 e. The van der Waals surface area contributed by atoms with Crippen molar-refractivity contribution in [1.29, 1.82) is 0 Å². The van der Waals surface area contributed by atoms with E-state index in [4.69, 9.17) is 9.72 Å². The van der Waals surface area contributed by atoms with Crippen LogP contribution in [0.25, 0.3) is 33.4 Å². The van der Waals surface area contributed by atoms with E-state index in [1.54, 1.807) is 17.5 Å². The van der Waals surface area contributed by atoms with Crippen LogP contribution in [0.3, 0.4) is 0 Å². The largest absolute Gasteiger partial charge is 0.452 e. The minimum absolute atomic E-state index is 0.336. The van der Waals surface area contributed by atoms with Gasteiger partial charge in [-0.25, -0.2) is 19.2 Å². The highest BCUT2D eigenvalue weighted by molar-refractivity contribution is 7.14. The first-order valence-electron chi connectivity index (χ1n) is 11.1. The number of hydrogen-bond donors (Lipinski definition) is 1. The number of carbonyl (C=O) groups excluding carboxylic acids is 2. The van der Waals surface area contributed by atoms with Crippen LogP contribution in [0.5, 0.6) is 0 Å². The van der Waals surface area contributed by atoms with Gasteiger partial charge in [-0.3, -0.25) is 10.1 Å². The van der Waals surface area contributed by atoms with Gasteiger partial charge in [-0.05, 0) is 42.8 Å². The third-order valence-corrected chi connectivity index (χ3v) is 6.37. The Morgan fingerprint density at radius 3 is 2.42 bits per heavy atom. The van der Waals surface area contributed by atoms with Crippen LogP contribution < -0.4 is 5.32 Å². The lowest BCUT2D eigenvalue weighted by Crippen LogP contribution is -2.21. The number of esters is 1. The zero-order valence-electron chi connectivity index (χ0n) is 19.2. The summed E-state index contributed by atoms with van der Waals surface area (Å²) < 4.78 is 18.6. The highest BCUT2D eigenvalue weighted by Gasteiger charge is 2.21. The molecule has 0 unspecified atom stereocenters. The van der Waals surface area contributed by atoms with Gasteiger partial charge in [0.25, 0.3) is 5.91 Å². The Bertz CT molecular complexity index is 1570. The second-order valence-electron chi connectivity index (χ2n) is 8.01. The average Bonchev–Trinajstić information content (AvgIpc) is 3.36. The number of halogens is 1. The molecule has 0 fully saturated rings. The molecule has 0 atom stereocenters. The molecule has 5 aromatic rings. The smallest absolute Gasteiger partial charge is 0.339 e. The summed E-state index contributed by atoms with van der Waals surface area (Å²) in [5, 5.41) is 5.41. The molecule has 0 bridgehead atoms. The third-order valence-electron chi connectivity index (χ3n) is 5.61. The van der Waals surface area contributed by atoms with Gasteiger partial charge in [0.1, 0.15) is 5.82 Å². The summed E-state index contributed by atoms with van der Waals surface area (Å²) in [6, 6.07) is 22.9. The van der Waals surface area contributed by atoms with Gasteiger partial charge in [-0.15, -0.1) is 11.3 Å². The fraction of sp³-hybridized carbons (Fsp3) is 0.0714. The maximum absolute atomic E-state index is 13.2. The summed E-state index contributed by atoms with van der Waals surface area (Å²) in [5.41, 5.74) is 4.62. The first-order valence-corrected chi connectivity index (χ1v) is 12.0. The molecule has 0 saturated carbocycles. The van der Waals surface area contributed by atoms with Crippen LogP contribution in [0.2, 0.25) is 0 Å². The minimum atomic E-state index is -0.607. The Morgan fingerprint density at radius 1 is 0.917 bits per heavy atom. The zero-order valence-corrected chi connectivity index (χ0v) is 20.0. The van der Waals surface area contributed by atoms with Crippen molar-refractivity contribution in [2.45, 2.75) is 6.92 Å². The van der Waals surface area contributed by atoms with Crippen LogP contribution in [-0.4, -0.2) is 28.5 Å². The van der Waals surface area contributed by atoms with Gasteiger partial charge in [0.15, 0.2) is 11.7 Å². The first kappa shape index (κ1) is 23.3. The van der Waals surface area contributed by atoms with E-state index < -0.39 is 18.5 Å². The fourth-order valence-electron chi connectivity index (χ4n) is 3.89. The lowest BCUT2D eigenvalue weighted by atomic mass is 9.98. The van der Waals surface area contributed by atoms with E-state index in [0.717, 1.165) is 11.1 Å². The van der Waals surface area contributed by atoms with E-state index in [1.807, 2.05) is 61.5 Å². The van der Waals surface area contributed by atoms with Crippen LogP contribution in [0.1, 0.15) is 15.9 Å². The first-order chi connectivity index (χ1) is 17.5. The van der Waals surface area contributed by atoms with Crippen molar-refractivity contribution < 1.29 is 18.7 Å². The van der Waals surface area contributed by atoms with E-state index in [9.17, 15) is 14.0 Å². The molecule has 0 spiro atoms. The van der Waals surface area contributed by atoms with Crippen molar-refractivity contribution in [3.05, 3.63) is 101 Å². The van der Waals surface area contributed by atoms with Crippen LogP contribution in [0.4, 0.5) is 9.52 Å². The molecule has 36 heavy (non-hydrogen) atoms. The van der Waals surface area contributed by atoms with E-state index in [-0.39, 0.29) is 5.82 Å². The number of amides is 1. The maximum atomic E-state index is 13.2. The van der Waals surface area contributed by atoms with Crippen LogP contribution in [0, 0.1) is 12.7 Å². The second-order valence-corrected chi connectivity index (χ2v) is 8.87. The van der Waals surface area contributed by atoms with Crippen LogP contribution >= 0.6 is 11.3 Å². The summed E-state index contributed by atoms with van der Waals surface area (Å²) in [6.45, 7) is 1.35. The molecule has 2 heterocycles. The van der Waals surface area contributed by atoms with E-state index in [1.165, 1.54) is 23.5 Å².